The molecule has 20 heteroatoms. The van der Waals surface area contributed by atoms with Crippen molar-refractivity contribution in [3.63, 3.8) is 0 Å². The van der Waals surface area contributed by atoms with E-state index in [1.54, 1.807) is 64.1 Å². The van der Waals surface area contributed by atoms with Gasteiger partial charge in [0.05, 0.1) is 27.6 Å². The Balaban J connectivity index is 1.45. The second-order valence-electron chi connectivity index (χ2n) is 16.1. The Morgan fingerprint density at radius 1 is 0.969 bits per heavy atom. The van der Waals surface area contributed by atoms with E-state index in [1.165, 1.54) is 12.1 Å². The van der Waals surface area contributed by atoms with Gasteiger partial charge in [-0.15, -0.1) is 0 Å². The van der Waals surface area contributed by atoms with Crippen molar-refractivity contribution >= 4 is 74.9 Å². The predicted molar refractivity (Wildman–Crippen MR) is 244 cm³/mol. The number of ether oxygens (including phenoxy) is 3. The molecule has 0 radical (unpaired) electrons. The van der Waals surface area contributed by atoms with E-state index in [9.17, 15) is 29.3 Å². The summed E-state index contributed by atoms with van der Waals surface area (Å²) >= 11 is 12.9. The highest BCUT2D eigenvalue weighted by atomic mass is 35.5. The van der Waals surface area contributed by atoms with Gasteiger partial charge in [0.2, 0.25) is 18.4 Å². The number of carbonyl (C=O) groups is 4. The Hall–Kier alpha value is -6.60. The van der Waals surface area contributed by atoms with Crippen molar-refractivity contribution < 1.29 is 38.3 Å². The summed E-state index contributed by atoms with van der Waals surface area (Å²) in [5.41, 5.74) is 1.92. The number of aryl methyl sites for hydroxylation is 2. The first-order valence-electron chi connectivity index (χ1n) is 20.5. The number of carbonyl (C=O) groups excluding carboxylic acids is 4. The third kappa shape index (κ3) is 10.7. The van der Waals surface area contributed by atoms with Crippen molar-refractivity contribution in [3.05, 3.63) is 132 Å². The number of hydrogen-bond acceptors (Lipinski definition) is 12. The first kappa shape index (κ1) is 47.9. The van der Waals surface area contributed by atoms with Gasteiger partial charge < -0.3 is 24.8 Å². The number of non-ortho nitro benzene ring substituents is 1. The van der Waals surface area contributed by atoms with E-state index in [2.05, 4.69) is 21.0 Å². The quantitative estimate of drug-likeness (QED) is 0.0349. The van der Waals surface area contributed by atoms with E-state index < -0.39 is 80.6 Å². The minimum Gasteiger partial charge on any atom is -0.465 e. The number of benzene rings is 4. The largest absolute Gasteiger partial charge is 0.465 e. The van der Waals surface area contributed by atoms with Crippen LogP contribution in [0.3, 0.4) is 0 Å². The summed E-state index contributed by atoms with van der Waals surface area (Å²) in [5, 5.41) is 17.6. The highest BCUT2D eigenvalue weighted by molar-refractivity contribution is 6.34. The molecule has 4 aromatic carbocycles. The van der Waals surface area contributed by atoms with Gasteiger partial charge >= 0.3 is 6.03 Å². The van der Waals surface area contributed by atoms with Gasteiger partial charge in [0, 0.05) is 35.2 Å². The molecule has 0 aliphatic carbocycles. The van der Waals surface area contributed by atoms with E-state index in [1.807, 2.05) is 39.0 Å². The molecule has 3 atom stereocenters. The summed E-state index contributed by atoms with van der Waals surface area (Å²) in [6.45, 7) is 11.8. The summed E-state index contributed by atoms with van der Waals surface area (Å²) < 4.78 is 18.4. The zero-order chi connectivity index (χ0) is 47.3. The molecule has 6 rings (SSSR count). The third-order valence-electron chi connectivity index (χ3n) is 10.2. The highest BCUT2D eigenvalue weighted by Gasteiger charge is 2.53. The molecule has 5 aromatic rings. The van der Waals surface area contributed by atoms with E-state index in [0.29, 0.717) is 33.0 Å². The summed E-state index contributed by atoms with van der Waals surface area (Å²) in [4.78, 5) is 90.1. The molecular weight excluding hydrogens is 883 g/mol. The van der Waals surface area contributed by atoms with Gasteiger partial charge in [-0.25, -0.2) is 14.7 Å². The average molecular weight is 932 g/mol. The van der Waals surface area contributed by atoms with Crippen LogP contribution in [-0.4, -0.2) is 74.0 Å². The molecule has 1 fully saturated rings. The monoisotopic (exact) mass is 930 g/mol. The Bertz CT molecular complexity index is 2710. The van der Waals surface area contributed by atoms with E-state index in [4.69, 9.17) is 37.4 Å². The van der Waals surface area contributed by atoms with Crippen LogP contribution in [0.25, 0.3) is 10.9 Å². The van der Waals surface area contributed by atoms with Crippen LogP contribution < -0.4 is 26.4 Å². The number of nitrogens with one attached hydrogen (secondary N) is 3. The lowest BCUT2D eigenvalue weighted by Crippen LogP contribution is -2.48. The predicted octanol–water partition coefficient (Wildman–Crippen LogP) is 8.05. The standard InChI is InChI=1S/C45H48Cl2N8O10/c1-8-35(65-34-18-15-25(3)19-26(34)4)64-24-48-29-16-17-31(47)32(22-29)49-39(56)37(53-41(58)42(63-9-2)52(44(53)60)23-27-13-11-10-12-14-27)38-50-36-30(20-28(46)21-33(36)55(61)62)40(57)54(38)51-43(59)45(5,6)7/h10-22,35,37,42,48H,8-9,23-24H2,1-7H3,(H,49,56)(H,51,59). The molecule has 65 heavy (non-hydrogen) atoms. The van der Waals surface area contributed by atoms with Crippen LogP contribution in [0.1, 0.15) is 69.6 Å². The number of aromatic nitrogens is 2. The number of nitro benzene ring substituents is 1. The normalized spacial score (nSPS) is 14.9. The Labute approximate surface area is 383 Å². The lowest BCUT2D eigenvalue weighted by atomic mass is 9.96. The molecule has 1 saturated heterocycles. The fourth-order valence-electron chi connectivity index (χ4n) is 6.84. The maximum atomic E-state index is 15.0. The molecule has 1 aliphatic rings. The van der Waals surface area contributed by atoms with Gasteiger partial charge in [-0.05, 0) is 62.2 Å². The average Bonchev–Trinajstić information content (AvgIpc) is 3.47. The van der Waals surface area contributed by atoms with Crippen LogP contribution in [0.4, 0.5) is 21.9 Å². The zero-order valence-corrected chi connectivity index (χ0v) is 38.2. The number of imide groups is 1. The number of amides is 5. The summed E-state index contributed by atoms with van der Waals surface area (Å²) in [7, 11) is 0. The number of nitrogens with zero attached hydrogens (tertiary/aromatic N) is 5. The molecule has 1 aromatic heterocycles. The number of nitro groups is 1. The molecule has 3 unspecified atom stereocenters. The summed E-state index contributed by atoms with van der Waals surface area (Å²) in [5.74, 6) is -3.03. The molecule has 0 saturated carbocycles. The minimum absolute atomic E-state index is 0.0142. The van der Waals surface area contributed by atoms with Crippen molar-refractivity contribution in [1.82, 2.24) is 19.5 Å². The first-order chi connectivity index (χ1) is 30.8. The SMILES string of the molecule is CCOC1C(=O)N(C(C(=O)Nc2cc(NCOC(CC)Oc3ccc(C)cc3C)ccc2Cl)c2nc3c([N+](=O)[O-])cc(Cl)cc3c(=O)n2NC(=O)C(C)(C)C)C(=O)N1Cc1ccccc1. The number of urea groups is 1. The molecule has 2 heterocycles. The first-order valence-corrected chi connectivity index (χ1v) is 21.3. The van der Waals surface area contributed by atoms with Crippen LogP contribution in [-0.2, 0) is 30.4 Å². The molecule has 1 aliphatic heterocycles. The van der Waals surface area contributed by atoms with Crippen LogP contribution in [0.5, 0.6) is 5.75 Å². The van der Waals surface area contributed by atoms with Crippen LogP contribution in [0, 0.1) is 29.4 Å². The van der Waals surface area contributed by atoms with E-state index in [0.717, 1.165) is 28.2 Å². The maximum absolute atomic E-state index is 15.0. The fraction of sp³-hybridized carbons (Fsp3) is 0.333. The second kappa shape index (κ2) is 20.1. The third-order valence-corrected chi connectivity index (χ3v) is 10.7. The van der Waals surface area contributed by atoms with Gasteiger partial charge in [-0.2, -0.15) is 4.68 Å². The number of halogens is 2. The highest BCUT2D eigenvalue weighted by Crippen LogP contribution is 2.35. The van der Waals surface area contributed by atoms with Gasteiger partial charge in [-0.1, -0.05) is 98.9 Å². The van der Waals surface area contributed by atoms with Crippen molar-refractivity contribution in [2.75, 3.05) is 29.4 Å². The smallest absolute Gasteiger partial charge is 0.330 e. The van der Waals surface area contributed by atoms with Crippen molar-refractivity contribution in [2.24, 2.45) is 5.41 Å². The Kier molecular flexibility index (Phi) is 14.8. The second-order valence-corrected chi connectivity index (χ2v) is 16.9. The van der Waals surface area contributed by atoms with Crippen molar-refractivity contribution in [2.45, 2.75) is 80.0 Å². The maximum Gasteiger partial charge on any atom is 0.330 e. The lowest BCUT2D eigenvalue weighted by Gasteiger charge is -2.28. The number of anilines is 2. The fourth-order valence-corrected chi connectivity index (χ4v) is 7.21. The van der Waals surface area contributed by atoms with Gasteiger partial charge in [0.25, 0.3) is 23.1 Å². The topological polar surface area (TPSA) is 217 Å². The lowest BCUT2D eigenvalue weighted by molar-refractivity contribution is -0.383. The Morgan fingerprint density at radius 3 is 2.34 bits per heavy atom. The molecule has 18 nitrogen and oxygen atoms in total. The molecule has 3 N–H and O–H groups in total. The van der Waals surface area contributed by atoms with Crippen molar-refractivity contribution in [3.8, 4) is 5.75 Å². The van der Waals surface area contributed by atoms with Gasteiger partial charge in [-0.3, -0.25) is 39.6 Å². The van der Waals surface area contributed by atoms with Crippen molar-refractivity contribution in [1.29, 1.82) is 0 Å². The zero-order valence-electron chi connectivity index (χ0n) is 36.6. The number of fused-ring (bicyclic) bond motifs is 1. The molecule has 0 spiro atoms. The van der Waals surface area contributed by atoms with E-state index in [-0.39, 0.29) is 35.6 Å². The number of rotatable bonds is 17. The summed E-state index contributed by atoms with van der Waals surface area (Å²) in [6, 6.07) is 17.8. The van der Waals surface area contributed by atoms with Gasteiger partial charge in [0.15, 0.2) is 17.4 Å². The van der Waals surface area contributed by atoms with Gasteiger partial charge in [0.1, 0.15) is 12.5 Å². The van der Waals surface area contributed by atoms with Crippen LogP contribution in [0.2, 0.25) is 10.0 Å². The van der Waals surface area contributed by atoms with E-state index >= 15 is 4.79 Å². The summed E-state index contributed by atoms with van der Waals surface area (Å²) in [6.07, 6.45) is -1.67. The Morgan fingerprint density at radius 2 is 1.69 bits per heavy atom. The number of hydrogen-bond donors (Lipinski definition) is 3. The minimum atomic E-state index is -2.21. The molecular formula is C45H48Cl2N8O10. The molecule has 5 amide bonds. The van der Waals surface area contributed by atoms with Crippen LogP contribution in [0.15, 0.2) is 83.7 Å². The molecule has 342 valence electrons. The van der Waals surface area contributed by atoms with Crippen LogP contribution >= 0.6 is 23.2 Å². The molecule has 0 bridgehead atoms.